The predicted molar refractivity (Wildman–Crippen MR) is 74.9 cm³/mol. The predicted octanol–water partition coefficient (Wildman–Crippen LogP) is 2.94. The fourth-order valence-corrected chi connectivity index (χ4v) is 2.23. The minimum Gasteiger partial charge on any atom is -0.351 e. The molecule has 0 saturated carbocycles. The number of aryl methyl sites for hydroxylation is 1. The van der Waals surface area contributed by atoms with Crippen molar-refractivity contribution in [2.45, 2.75) is 6.92 Å². The number of aromatic nitrogens is 2. The summed E-state index contributed by atoms with van der Waals surface area (Å²) in [6.45, 7) is 2.00. The molecule has 94 valence electrons. The number of carbonyl (C=O) groups excluding carboxylic acids is 1. The van der Waals surface area contributed by atoms with Gasteiger partial charge in [-0.2, -0.15) is 0 Å². The number of primary amides is 1. The van der Waals surface area contributed by atoms with E-state index in [1.54, 1.807) is 0 Å². The van der Waals surface area contributed by atoms with Crippen LogP contribution in [0.1, 0.15) is 5.56 Å². The molecule has 3 aromatic rings. The monoisotopic (exact) mass is 251 g/mol. The van der Waals surface area contributed by atoms with Crippen molar-refractivity contribution in [1.29, 1.82) is 0 Å². The molecule has 0 radical (unpaired) electrons. The highest BCUT2D eigenvalue weighted by Crippen LogP contribution is 2.24. The normalized spacial score (nSPS) is 10.8. The second-order valence-corrected chi connectivity index (χ2v) is 4.47. The number of benzene rings is 2. The minimum absolute atomic E-state index is 0.523. The lowest BCUT2D eigenvalue weighted by Crippen LogP contribution is -2.20. The van der Waals surface area contributed by atoms with E-state index < -0.39 is 6.03 Å². The maximum absolute atomic E-state index is 11.7. The Morgan fingerprint density at radius 3 is 2.68 bits per heavy atom. The Hall–Kier alpha value is -2.62. The van der Waals surface area contributed by atoms with Gasteiger partial charge in [0.25, 0.3) is 0 Å². The quantitative estimate of drug-likeness (QED) is 0.722. The number of para-hydroxylation sites is 2. The van der Waals surface area contributed by atoms with E-state index in [1.165, 1.54) is 4.57 Å². The molecule has 1 amide bonds. The Labute approximate surface area is 110 Å². The average Bonchev–Trinajstić information content (AvgIpc) is 2.78. The Morgan fingerprint density at radius 1 is 1.16 bits per heavy atom. The molecule has 0 aliphatic heterocycles. The van der Waals surface area contributed by atoms with Crippen molar-refractivity contribution in [3.63, 3.8) is 0 Å². The zero-order chi connectivity index (χ0) is 13.4. The first-order chi connectivity index (χ1) is 9.16. The largest absolute Gasteiger partial charge is 0.351 e. The Kier molecular flexibility index (Phi) is 2.56. The number of hydrogen-bond donors (Lipinski definition) is 1. The van der Waals surface area contributed by atoms with Crippen LogP contribution in [-0.2, 0) is 0 Å². The molecular formula is C15H13N3O. The number of fused-ring (bicyclic) bond motifs is 1. The number of rotatable bonds is 1. The highest BCUT2D eigenvalue weighted by Gasteiger charge is 2.15. The van der Waals surface area contributed by atoms with E-state index >= 15 is 0 Å². The molecule has 2 N–H and O–H groups in total. The van der Waals surface area contributed by atoms with Gasteiger partial charge in [-0.05, 0) is 25.1 Å². The summed E-state index contributed by atoms with van der Waals surface area (Å²) in [6, 6.07) is 14.8. The van der Waals surface area contributed by atoms with Crippen molar-refractivity contribution in [3.05, 3.63) is 54.1 Å². The fourth-order valence-electron chi connectivity index (χ4n) is 2.23. The van der Waals surface area contributed by atoms with Crippen molar-refractivity contribution < 1.29 is 4.79 Å². The summed E-state index contributed by atoms with van der Waals surface area (Å²) < 4.78 is 1.45. The molecular weight excluding hydrogens is 238 g/mol. The Balaban J connectivity index is 2.34. The van der Waals surface area contributed by atoms with Crippen LogP contribution in [0.15, 0.2) is 48.5 Å². The number of nitrogens with two attached hydrogens (primary N) is 1. The molecule has 2 aromatic carbocycles. The third kappa shape index (κ3) is 1.87. The Bertz CT molecular complexity index is 774. The second-order valence-electron chi connectivity index (χ2n) is 4.47. The van der Waals surface area contributed by atoms with Crippen LogP contribution in [0, 0.1) is 6.92 Å². The highest BCUT2D eigenvalue weighted by molar-refractivity contribution is 5.93. The number of nitrogens with zero attached hydrogens (tertiary/aromatic N) is 2. The lowest BCUT2D eigenvalue weighted by Gasteiger charge is -2.05. The van der Waals surface area contributed by atoms with E-state index in [4.69, 9.17) is 5.73 Å². The lowest BCUT2D eigenvalue weighted by atomic mass is 10.1. The second kappa shape index (κ2) is 4.24. The average molecular weight is 251 g/mol. The standard InChI is InChI=1S/C15H13N3O/c1-10-5-4-6-11(9-10)14-17-12-7-2-3-8-13(12)18(14)15(16)19/h2-9H,1H3,(H2,16,19). The van der Waals surface area contributed by atoms with Gasteiger partial charge in [0.1, 0.15) is 5.82 Å². The first kappa shape index (κ1) is 11.5. The van der Waals surface area contributed by atoms with Crippen LogP contribution < -0.4 is 5.73 Å². The molecule has 3 rings (SSSR count). The summed E-state index contributed by atoms with van der Waals surface area (Å²) in [7, 11) is 0. The van der Waals surface area contributed by atoms with Gasteiger partial charge in [-0.25, -0.2) is 14.3 Å². The van der Waals surface area contributed by atoms with E-state index in [0.29, 0.717) is 5.82 Å². The van der Waals surface area contributed by atoms with Crippen LogP contribution in [-0.4, -0.2) is 15.6 Å². The molecule has 0 spiro atoms. The maximum Gasteiger partial charge on any atom is 0.325 e. The molecule has 0 saturated heterocycles. The van der Waals surface area contributed by atoms with Gasteiger partial charge >= 0.3 is 6.03 Å². The molecule has 0 fully saturated rings. The minimum atomic E-state index is -0.523. The molecule has 0 aliphatic rings. The summed E-state index contributed by atoms with van der Waals surface area (Å²) in [4.78, 5) is 16.2. The van der Waals surface area contributed by atoms with Crippen molar-refractivity contribution >= 4 is 17.1 Å². The Morgan fingerprint density at radius 2 is 1.95 bits per heavy atom. The number of carbonyl (C=O) groups is 1. The molecule has 0 atom stereocenters. The van der Waals surface area contributed by atoms with Crippen molar-refractivity contribution in [1.82, 2.24) is 9.55 Å². The van der Waals surface area contributed by atoms with Crippen LogP contribution in [0.25, 0.3) is 22.4 Å². The van der Waals surface area contributed by atoms with Crippen molar-refractivity contribution in [2.24, 2.45) is 5.73 Å². The van der Waals surface area contributed by atoms with Crippen LogP contribution >= 0.6 is 0 Å². The molecule has 0 bridgehead atoms. The van der Waals surface area contributed by atoms with E-state index in [0.717, 1.165) is 22.2 Å². The molecule has 0 unspecified atom stereocenters. The molecule has 0 aliphatic carbocycles. The molecule has 1 heterocycles. The topological polar surface area (TPSA) is 60.9 Å². The van der Waals surface area contributed by atoms with Gasteiger partial charge in [0.2, 0.25) is 0 Å². The van der Waals surface area contributed by atoms with Crippen LogP contribution in [0.5, 0.6) is 0 Å². The van der Waals surface area contributed by atoms with Crippen molar-refractivity contribution in [3.8, 4) is 11.4 Å². The van der Waals surface area contributed by atoms with Gasteiger partial charge < -0.3 is 5.73 Å². The first-order valence-corrected chi connectivity index (χ1v) is 6.01. The SMILES string of the molecule is Cc1cccc(-c2nc3ccccc3n2C(N)=O)c1. The summed E-state index contributed by atoms with van der Waals surface area (Å²) in [5.41, 5.74) is 8.97. The third-order valence-electron chi connectivity index (χ3n) is 3.06. The summed E-state index contributed by atoms with van der Waals surface area (Å²) >= 11 is 0. The van der Waals surface area contributed by atoms with Gasteiger partial charge in [-0.1, -0.05) is 35.9 Å². The summed E-state index contributed by atoms with van der Waals surface area (Å²) in [5.74, 6) is 0.581. The zero-order valence-corrected chi connectivity index (χ0v) is 10.5. The van der Waals surface area contributed by atoms with Crippen LogP contribution in [0.4, 0.5) is 4.79 Å². The lowest BCUT2D eigenvalue weighted by molar-refractivity contribution is 0.251. The summed E-state index contributed by atoms with van der Waals surface area (Å²) in [6.07, 6.45) is 0. The molecule has 19 heavy (non-hydrogen) atoms. The smallest absolute Gasteiger partial charge is 0.325 e. The van der Waals surface area contributed by atoms with Gasteiger partial charge in [0.15, 0.2) is 0 Å². The van der Waals surface area contributed by atoms with Crippen LogP contribution in [0.2, 0.25) is 0 Å². The number of amides is 1. The number of hydrogen-bond acceptors (Lipinski definition) is 2. The molecule has 4 heteroatoms. The summed E-state index contributed by atoms with van der Waals surface area (Å²) in [5, 5.41) is 0. The number of imidazole rings is 1. The van der Waals surface area contributed by atoms with Crippen LogP contribution in [0.3, 0.4) is 0 Å². The third-order valence-corrected chi connectivity index (χ3v) is 3.06. The van der Waals surface area contributed by atoms with Gasteiger partial charge in [0, 0.05) is 5.56 Å². The van der Waals surface area contributed by atoms with E-state index in [1.807, 2.05) is 55.5 Å². The van der Waals surface area contributed by atoms with E-state index in [9.17, 15) is 4.79 Å². The van der Waals surface area contributed by atoms with Gasteiger partial charge in [-0.15, -0.1) is 0 Å². The first-order valence-electron chi connectivity index (χ1n) is 6.01. The zero-order valence-electron chi connectivity index (χ0n) is 10.5. The van der Waals surface area contributed by atoms with Gasteiger partial charge in [-0.3, -0.25) is 0 Å². The molecule has 1 aromatic heterocycles. The fraction of sp³-hybridized carbons (Fsp3) is 0.0667. The van der Waals surface area contributed by atoms with Crippen molar-refractivity contribution in [2.75, 3.05) is 0 Å². The van der Waals surface area contributed by atoms with Gasteiger partial charge in [0.05, 0.1) is 11.0 Å². The maximum atomic E-state index is 11.7. The van der Waals surface area contributed by atoms with E-state index in [-0.39, 0.29) is 0 Å². The van der Waals surface area contributed by atoms with E-state index in [2.05, 4.69) is 4.98 Å². The highest BCUT2D eigenvalue weighted by atomic mass is 16.2. The molecule has 4 nitrogen and oxygen atoms in total.